The summed E-state index contributed by atoms with van der Waals surface area (Å²) >= 11 is 1.05. The van der Waals surface area contributed by atoms with Crippen molar-refractivity contribution in [2.24, 2.45) is 0 Å². The smallest absolute Gasteiger partial charge is 0.286 e. The second-order valence-corrected chi connectivity index (χ2v) is 6.81. The number of hydrogen-bond acceptors (Lipinski definition) is 5. The minimum atomic E-state index is -0.335. The molecule has 1 unspecified atom stereocenters. The zero-order valence-corrected chi connectivity index (χ0v) is 14.1. The van der Waals surface area contributed by atoms with Crippen molar-refractivity contribution in [3.05, 3.63) is 59.4 Å². The summed E-state index contributed by atoms with van der Waals surface area (Å²) in [7, 11) is 0. The van der Waals surface area contributed by atoms with Gasteiger partial charge in [-0.1, -0.05) is 23.9 Å². The highest BCUT2D eigenvalue weighted by atomic mass is 32.2. The van der Waals surface area contributed by atoms with Crippen molar-refractivity contribution in [3.8, 4) is 5.75 Å². The van der Waals surface area contributed by atoms with Crippen molar-refractivity contribution in [3.63, 3.8) is 0 Å². The van der Waals surface area contributed by atoms with Gasteiger partial charge in [-0.3, -0.25) is 19.9 Å². The van der Waals surface area contributed by atoms with Crippen LogP contribution in [0.3, 0.4) is 0 Å². The van der Waals surface area contributed by atoms with Crippen molar-refractivity contribution >= 4 is 22.9 Å². The largest absolute Gasteiger partial charge is 0.493 e. The SMILES string of the molecule is Cc1ccncc1CCOc1ccc(CC2SC(=O)NC2=O)cc1. The number of nitrogens with zero attached hydrogens (tertiary/aromatic N) is 1. The van der Waals surface area contributed by atoms with Crippen molar-refractivity contribution in [1.29, 1.82) is 0 Å². The van der Waals surface area contributed by atoms with Gasteiger partial charge in [0.25, 0.3) is 5.24 Å². The molecule has 2 amide bonds. The predicted molar refractivity (Wildman–Crippen MR) is 93.2 cm³/mol. The first kappa shape index (κ1) is 16.5. The second-order valence-electron chi connectivity index (χ2n) is 5.63. The van der Waals surface area contributed by atoms with E-state index in [9.17, 15) is 9.59 Å². The number of nitrogens with one attached hydrogen (secondary N) is 1. The van der Waals surface area contributed by atoms with Crippen LogP contribution in [0, 0.1) is 6.92 Å². The van der Waals surface area contributed by atoms with Crippen LogP contribution in [0.2, 0.25) is 0 Å². The van der Waals surface area contributed by atoms with Crippen molar-refractivity contribution in [1.82, 2.24) is 10.3 Å². The molecule has 1 aromatic heterocycles. The summed E-state index contributed by atoms with van der Waals surface area (Å²) in [6.45, 7) is 2.65. The Labute approximate surface area is 144 Å². The number of benzene rings is 1. The van der Waals surface area contributed by atoms with Crippen LogP contribution < -0.4 is 10.1 Å². The topological polar surface area (TPSA) is 68.3 Å². The van der Waals surface area contributed by atoms with E-state index in [0.717, 1.165) is 29.5 Å². The number of aromatic nitrogens is 1. The van der Waals surface area contributed by atoms with Crippen molar-refractivity contribution in [2.45, 2.75) is 25.0 Å². The predicted octanol–water partition coefficient (Wildman–Crippen LogP) is 2.91. The molecule has 124 valence electrons. The van der Waals surface area contributed by atoms with E-state index in [-0.39, 0.29) is 16.4 Å². The maximum absolute atomic E-state index is 11.6. The molecule has 1 fully saturated rings. The number of imide groups is 1. The Morgan fingerprint density at radius 1 is 1.21 bits per heavy atom. The van der Waals surface area contributed by atoms with E-state index in [2.05, 4.69) is 17.2 Å². The third-order valence-electron chi connectivity index (χ3n) is 3.90. The molecule has 1 atom stereocenters. The molecular formula is C18H18N2O3S. The van der Waals surface area contributed by atoms with Gasteiger partial charge in [0, 0.05) is 18.8 Å². The van der Waals surface area contributed by atoms with Gasteiger partial charge in [-0.05, 0) is 48.2 Å². The van der Waals surface area contributed by atoms with Gasteiger partial charge in [-0.25, -0.2) is 0 Å². The highest BCUT2D eigenvalue weighted by Crippen LogP contribution is 2.24. The average molecular weight is 342 g/mol. The fourth-order valence-corrected chi connectivity index (χ4v) is 3.36. The van der Waals surface area contributed by atoms with Gasteiger partial charge < -0.3 is 4.74 Å². The summed E-state index contributed by atoms with van der Waals surface area (Å²) in [5.74, 6) is 0.581. The van der Waals surface area contributed by atoms with Crippen LogP contribution in [-0.4, -0.2) is 28.0 Å². The highest BCUT2D eigenvalue weighted by molar-refractivity contribution is 8.15. The molecule has 2 aromatic rings. The fourth-order valence-electron chi connectivity index (χ4n) is 2.50. The summed E-state index contributed by atoms with van der Waals surface area (Å²) in [5.41, 5.74) is 3.40. The number of aryl methyl sites for hydroxylation is 1. The molecule has 1 saturated heterocycles. The van der Waals surface area contributed by atoms with Crippen LogP contribution in [0.4, 0.5) is 4.79 Å². The van der Waals surface area contributed by atoms with Crippen LogP contribution in [0.15, 0.2) is 42.7 Å². The number of amides is 2. The van der Waals surface area contributed by atoms with Crippen molar-refractivity contribution in [2.75, 3.05) is 6.61 Å². The van der Waals surface area contributed by atoms with E-state index in [1.807, 2.05) is 36.5 Å². The lowest BCUT2D eigenvalue weighted by atomic mass is 10.1. The summed E-state index contributed by atoms with van der Waals surface area (Å²) in [6.07, 6.45) is 5.00. The summed E-state index contributed by atoms with van der Waals surface area (Å²) in [6, 6.07) is 9.64. The molecule has 1 N–H and O–H groups in total. The molecule has 2 heterocycles. The van der Waals surface area contributed by atoms with Crippen LogP contribution in [0.25, 0.3) is 0 Å². The molecule has 1 aromatic carbocycles. The van der Waals surface area contributed by atoms with Gasteiger partial charge in [-0.15, -0.1) is 0 Å². The number of carbonyl (C=O) groups excluding carboxylic acids is 2. The lowest BCUT2D eigenvalue weighted by molar-refractivity contribution is -0.118. The quantitative estimate of drug-likeness (QED) is 0.874. The Kier molecular flexibility index (Phi) is 5.15. The van der Waals surface area contributed by atoms with E-state index in [1.165, 1.54) is 11.1 Å². The Hall–Kier alpha value is -2.34. The van der Waals surface area contributed by atoms with Gasteiger partial charge in [0.05, 0.1) is 11.9 Å². The number of hydrogen-bond donors (Lipinski definition) is 1. The molecule has 0 bridgehead atoms. The zero-order valence-electron chi connectivity index (χ0n) is 13.3. The molecule has 1 aliphatic heterocycles. The molecule has 0 spiro atoms. The van der Waals surface area contributed by atoms with Gasteiger partial charge >= 0.3 is 0 Å². The molecule has 1 aliphatic rings. The molecule has 0 aliphatic carbocycles. The van der Waals surface area contributed by atoms with Crippen LogP contribution in [0.5, 0.6) is 5.75 Å². The first-order chi connectivity index (χ1) is 11.6. The standard InChI is InChI=1S/C18H18N2O3S/c1-12-6-8-19-11-14(12)7-9-23-15-4-2-13(3-5-15)10-16-17(21)20-18(22)24-16/h2-6,8,11,16H,7,9-10H2,1H3,(H,20,21,22). The van der Waals surface area contributed by atoms with Gasteiger partial charge in [-0.2, -0.15) is 0 Å². The summed E-state index contributed by atoms with van der Waals surface area (Å²) in [4.78, 5) is 26.9. The highest BCUT2D eigenvalue weighted by Gasteiger charge is 2.31. The molecule has 0 radical (unpaired) electrons. The maximum atomic E-state index is 11.6. The average Bonchev–Trinajstić information content (AvgIpc) is 2.88. The molecule has 5 nitrogen and oxygen atoms in total. The first-order valence-corrected chi connectivity index (χ1v) is 8.62. The zero-order chi connectivity index (χ0) is 16.9. The van der Waals surface area contributed by atoms with E-state index in [4.69, 9.17) is 4.74 Å². The number of carbonyl (C=O) groups is 2. The first-order valence-electron chi connectivity index (χ1n) is 7.74. The Morgan fingerprint density at radius 3 is 2.67 bits per heavy atom. The second kappa shape index (κ2) is 7.49. The molecule has 3 rings (SSSR count). The lowest BCUT2D eigenvalue weighted by Crippen LogP contribution is -2.25. The van der Waals surface area contributed by atoms with Gasteiger partial charge in [0.2, 0.25) is 5.91 Å². The molecule has 0 saturated carbocycles. The Morgan fingerprint density at radius 2 is 2.00 bits per heavy atom. The molecular weight excluding hydrogens is 324 g/mol. The Balaban J connectivity index is 1.50. The van der Waals surface area contributed by atoms with Gasteiger partial charge in [0.1, 0.15) is 5.75 Å². The van der Waals surface area contributed by atoms with E-state index in [0.29, 0.717) is 13.0 Å². The number of rotatable bonds is 6. The minimum Gasteiger partial charge on any atom is -0.493 e. The Bertz CT molecular complexity index is 746. The lowest BCUT2D eigenvalue weighted by Gasteiger charge is -2.09. The van der Waals surface area contributed by atoms with Crippen LogP contribution in [0.1, 0.15) is 16.7 Å². The van der Waals surface area contributed by atoms with Gasteiger partial charge in [0.15, 0.2) is 0 Å². The fraction of sp³-hybridized carbons (Fsp3) is 0.278. The van der Waals surface area contributed by atoms with E-state index < -0.39 is 0 Å². The van der Waals surface area contributed by atoms with E-state index >= 15 is 0 Å². The van der Waals surface area contributed by atoms with Crippen LogP contribution >= 0.6 is 11.8 Å². The van der Waals surface area contributed by atoms with Crippen LogP contribution in [-0.2, 0) is 17.6 Å². The number of thioether (sulfide) groups is 1. The molecule has 6 heteroatoms. The maximum Gasteiger partial charge on any atom is 0.286 e. The number of pyridine rings is 1. The summed E-state index contributed by atoms with van der Waals surface area (Å²) in [5, 5.41) is 1.70. The monoisotopic (exact) mass is 342 g/mol. The third kappa shape index (κ3) is 4.14. The minimum absolute atomic E-state index is 0.211. The van der Waals surface area contributed by atoms with Crippen molar-refractivity contribution < 1.29 is 14.3 Å². The number of ether oxygens (including phenoxy) is 1. The summed E-state index contributed by atoms with van der Waals surface area (Å²) < 4.78 is 5.76. The van der Waals surface area contributed by atoms with E-state index in [1.54, 1.807) is 6.20 Å². The normalized spacial score (nSPS) is 17.0. The third-order valence-corrected chi connectivity index (χ3v) is 4.88. The molecule has 24 heavy (non-hydrogen) atoms.